The molecule has 0 spiro atoms. The first kappa shape index (κ1) is 20.5. The van der Waals surface area contributed by atoms with Crippen LogP contribution in [-0.2, 0) is 6.42 Å². The molecule has 0 saturated carbocycles. The Balaban J connectivity index is 1.75. The SMILES string of the molecule is COc1ccc(OC)c2nc(CCCCCCCCCCCO)ccc12. The summed E-state index contributed by atoms with van der Waals surface area (Å²) in [6, 6.07) is 8.03. The molecule has 2 rings (SSSR count). The highest BCUT2D eigenvalue weighted by Crippen LogP contribution is 2.31. The van der Waals surface area contributed by atoms with E-state index in [9.17, 15) is 0 Å². The molecule has 0 saturated heterocycles. The van der Waals surface area contributed by atoms with Crippen LogP contribution in [0.4, 0.5) is 0 Å². The van der Waals surface area contributed by atoms with Crippen molar-refractivity contribution < 1.29 is 14.6 Å². The summed E-state index contributed by atoms with van der Waals surface area (Å²) in [6.07, 6.45) is 12.0. The smallest absolute Gasteiger partial charge is 0.145 e. The van der Waals surface area contributed by atoms with Crippen molar-refractivity contribution in [3.8, 4) is 11.5 Å². The summed E-state index contributed by atoms with van der Waals surface area (Å²) in [7, 11) is 3.36. The maximum Gasteiger partial charge on any atom is 0.145 e. The van der Waals surface area contributed by atoms with Crippen LogP contribution in [0.15, 0.2) is 24.3 Å². The molecule has 0 aliphatic carbocycles. The van der Waals surface area contributed by atoms with Gasteiger partial charge in [-0.15, -0.1) is 0 Å². The highest BCUT2D eigenvalue weighted by atomic mass is 16.5. The monoisotopic (exact) mass is 359 g/mol. The molecule has 0 fully saturated rings. The number of fused-ring (bicyclic) bond motifs is 1. The number of aliphatic hydroxyl groups excluding tert-OH is 1. The Labute approximate surface area is 157 Å². The molecular weight excluding hydrogens is 326 g/mol. The Kier molecular flexibility index (Phi) is 9.26. The summed E-state index contributed by atoms with van der Waals surface area (Å²) in [5.41, 5.74) is 2.00. The number of methoxy groups -OCH3 is 2. The minimum absolute atomic E-state index is 0.335. The van der Waals surface area contributed by atoms with Crippen molar-refractivity contribution in [1.29, 1.82) is 0 Å². The Hall–Kier alpha value is -1.81. The van der Waals surface area contributed by atoms with E-state index in [1.165, 1.54) is 51.4 Å². The molecule has 1 N–H and O–H groups in total. The van der Waals surface area contributed by atoms with Crippen molar-refractivity contribution in [2.75, 3.05) is 20.8 Å². The number of aliphatic hydroxyl groups is 1. The zero-order chi connectivity index (χ0) is 18.6. The van der Waals surface area contributed by atoms with E-state index in [0.29, 0.717) is 6.61 Å². The predicted molar refractivity (Wildman–Crippen MR) is 107 cm³/mol. The highest BCUT2D eigenvalue weighted by Gasteiger charge is 2.09. The van der Waals surface area contributed by atoms with Crippen LogP contribution in [0.25, 0.3) is 10.9 Å². The molecule has 0 radical (unpaired) electrons. The van der Waals surface area contributed by atoms with Crippen LogP contribution >= 0.6 is 0 Å². The molecule has 0 unspecified atom stereocenters. The second kappa shape index (κ2) is 11.7. The standard InChI is InChI=1S/C22H33NO3/c1-25-20-15-16-21(26-2)22-19(20)14-13-18(23-22)12-10-8-6-4-3-5-7-9-11-17-24/h13-16,24H,3-12,17H2,1-2H3. The molecule has 26 heavy (non-hydrogen) atoms. The van der Waals surface area contributed by atoms with Gasteiger partial charge in [-0.2, -0.15) is 0 Å². The van der Waals surface area contributed by atoms with Gasteiger partial charge in [-0.1, -0.05) is 44.9 Å². The molecule has 0 bridgehead atoms. The average molecular weight is 360 g/mol. The molecule has 0 aliphatic heterocycles. The number of ether oxygens (including phenoxy) is 2. The molecule has 4 nitrogen and oxygen atoms in total. The number of hydrogen-bond acceptors (Lipinski definition) is 4. The Morgan fingerprint density at radius 2 is 1.31 bits per heavy atom. The van der Waals surface area contributed by atoms with Crippen LogP contribution in [-0.4, -0.2) is 30.9 Å². The molecule has 0 atom stereocenters. The molecule has 4 heteroatoms. The van der Waals surface area contributed by atoms with E-state index in [4.69, 9.17) is 19.6 Å². The summed E-state index contributed by atoms with van der Waals surface area (Å²) < 4.78 is 10.9. The maximum atomic E-state index is 8.76. The molecule has 1 aromatic carbocycles. The minimum Gasteiger partial charge on any atom is -0.496 e. The van der Waals surface area contributed by atoms with Crippen LogP contribution in [0.1, 0.15) is 63.5 Å². The van der Waals surface area contributed by atoms with E-state index in [1.54, 1.807) is 14.2 Å². The zero-order valence-corrected chi connectivity index (χ0v) is 16.3. The number of hydrogen-bond donors (Lipinski definition) is 1. The third-order valence-corrected chi connectivity index (χ3v) is 4.87. The van der Waals surface area contributed by atoms with Crippen molar-refractivity contribution in [3.05, 3.63) is 30.0 Å². The van der Waals surface area contributed by atoms with Gasteiger partial charge in [0.2, 0.25) is 0 Å². The maximum absolute atomic E-state index is 8.76. The van der Waals surface area contributed by atoms with Gasteiger partial charge in [0.1, 0.15) is 17.0 Å². The third kappa shape index (κ3) is 6.17. The van der Waals surface area contributed by atoms with Gasteiger partial charge in [0.05, 0.1) is 14.2 Å². The number of aromatic nitrogens is 1. The van der Waals surface area contributed by atoms with Crippen molar-refractivity contribution in [2.24, 2.45) is 0 Å². The van der Waals surface area contributed by atoms with Gasteiger partial charge >= 0.3 is 0 Å². The first-order chi connectivity index (χ1) is 12.8. The Bertz CT molecular complexity index is 657. The molecule has 2 aromatic rings. The van der Waals surface area contributed by atoms with Crippen LogP contribution < -0.4 is 9.47 Å². The normalized spacial score (nSPS) is 11.0. The molecular formula is C22H33NO3. The topological polar surface area (TPSA) is 51.6 Å². The van der Waals surface area contributed by atoms with Gasteiger partial charge in [0.15, 0.2) is 0 Å². The minimum atomic E-state index is 0.335. The second-order valence-electron chi connectivity index (χ2n) is 6.82. The average Bonchev–Trinajstić information content (AvgIpc) is 2.68. The number of rotatable bonds is 13. The number of nitrogens with zero attached hydrogens (tertiary/aromatic N) is 1. The van der Waals surface area contributed by atoms with Crippen LogP contribution in [0.2, 0.25) is 0 Å². The first-order valence-corrected chi connectivity index (χ1v) is 9.91. The van der Waals surface area contributed by atoms with Crippen molar-refractivity contribution in [3.63, 3.8) is 0 Å². The van der Waals surface area contributed by atoms with Crippen molar-refractivity contribution >= 4 is 10.9 Å². The summed E-state index contributed by atoms with van der Waals surface area (Å²) in [6.45, 7) is 0.335. The quantitative estimate of drug-likeness (QED) is 0.493. The summed E-state index contributed by atoms with van der Waals surface area (Å²) in [4.78, 5) is 4.80. The Morgan fingerprint density at radius 1 is 0.731 bits per heavy atom. The lowest BCUT2D eigenvalue weighted by molar-refractivity contribution is 0.282. The molecule has 1 heterocycles. The van der Waals surface area contributed by atoms with Gasteiger partial charge in [0.25, 0.3) is 0 Å². The fourth-order valence-electron chi connectivity index (χ4n) is 3.34. The molecule has 144 valence electrons. The van der Waals surface area contributed by atoms with Crippen LogP contribution in [0, 0.1) is 0 Å². The van der Waals surface area contributed by atoms with E-state index in [2.05, 4.69) is 12.1 Å². The molecule has 1 aromatic heterocycles. The number of pyridine rings is 1. The van der Waals surface area contributed by atoms with E-state index in [0.717, 1.165) is 40.9 Å². The number of aryl methyl sites for hydroxylation is 1. The molecule has 0 amide bonds. The van der Waals surface area contributed by atoms with Crippen molar-refractivity contribution in [1.82, 2.24) is 4.98 Å². The van der Waals surface area contributed by atoms with Gasteiger partial charge in [-0.3, -0.25) is 0 Å². The lowest BCUT2D eigenvalue weighted by Gasteiger charge is -2.10. The third-order valence-electron chi connectivity index (χ3n) is 4.87. The van der Waals surface area contributed by atoms with E-state index < -0.39 is 0 Å². The largest absolute Gasteiger partial charge is 0.496 e. The summed E-state index contributed by atoms with van der Waals surface area (Å²) >= 11 is 0. The number of benzene rings is 1. The van der Waals surface area contributed by atoms with Gasteiger partial charge < -0.3 is 14.6 Å². The lowest BCUT2D eigenvalue weighted by Crippen LogP contribution is -1.95. The van der Waals surface area contributed by atoms with E-state index in [-0.39, 0.29) is 0 Å². The van der Waals surface area contributed by atoms with Gasteiger partial charge in [-0.25, -0.2) is 4.98 Å². The fraction of sp³-hybridized carbons (Fsp3) is 0.591. The second-order valence-corrected chi connectivity index (χ2v) is 6.82. The first-order valence-electron chi connectivity index (χ1n) is 9.91. The van der Waals surface area contributed by atoms with Crippen LogP contribution in [0.3, 0.4) is 0 Å². The predicted octanol–water partition coefficient (Wildman–Crippen LogP) is 5.30. The van der Waals surface area contributed by atoms with E-state index >= 15 is 0 Å². The zero-order valence-electron chi connectivity index (χ0n) is 16.3. The number of unbranched alkanes of at least 4 members (excludes halogenated alkanes) is 8. The summed E-state index contributed by atoms with van der Waals surface area (Å²) in [5, 5.41) is 9.75. The van der Waals surface area contributed by atoms with Gasteiger partial charge in [-0.05, 0) is 43.5 Å². The highest BCUT2D eigenvalue weighted by molar-refractivity contribution is 5.90. The fourth-order valence-corrected chi connectivity index (χ4v) is 3.34. The molecule has 0 aliphatic rings. The Morgan fingerprint density at radius 3 is 1.92 bits per heavy atom. The van der Waals surface area contributed by atoms with Crippen molar-refractivity contribution in [2.45, 2.75) is 64.2 Å². The lowest BCUT2D eigenvalue weighted by atomic mass is 10.1. The summed E-state index contributed by atoms with van der Waals surface area (Å²) in [5.74, 6) is 1.63. The van der Waals surface area contributed by atoms with Gasteiger partial charge in [0, 0.05) is 17.7 Å². The van der Waals surface area contributed by atoms with Crippen LogP contribution in [0.5, 0.6) is 11.5 Å². The van der Waals surface area contributed by atoms with E-state index in [1.807, 2.05) is 12.1 Å².